The predicted octanol–water partition coefficient (Wildman–Crippen LogP) is 11.0. The number of thiophene rings is 1. The fourth-order valence-corrected chi connectivity index (χ4v) is 8.86. The Balaban J connectivity index is 1.25. The summed E-state index contributed by atoms with van der Waals surface area (Å²) in [4.78, 5) is 15.5. The van der Waals surface area contributed by atoms with Crippen molar-refractivity contribution in [3.8, 4) is 39.9 Å². The van der Waals surface area contributed by atoms with Gasteiger partial charge in [-0.15, -0.1) is 11.3 Å². The highest BCUT2D eigenvalue weighted by molar-refractivity contribution is 7.26. The van der Waals surface area contributed by atoms with Crippen molar-refractivity contribution in [3.05, 3.63) is 145 Å². The average molecular weight is 621 g/mol. The highest BCUT2D eigenvalue weighted by Gasteiger charge is 2.35. The van der Waals surface area contributed by atoms with E-state index in [1.54, 1.807) is 0 Å². The highest BCUT2D eigenvalue weighted by Crippen LogP contribution is 2.49. The summed E-state index contributed by atoms with van der Waals surface area (Å²) in [6, 6.07) is 47.4. The molecular formula is C42H28N4S. The number of benzene rings is 6. The van der Waals surface area contributed by atoms with Gasteiger partial charge in [0.15, 0.2) is 11.6 Å². The summed E-state index contributed by atoms with van der Waals surface area (Å²) in [5.41, 5.74) is 9.22. The number of fused-ring (bicyclic) bond motifs is 10. The molecule has 6 aromatic carbocycles. The van der Waals surface area contributed by atoms with Gasteiger partial charge in [0.2, 0.25) is 5.95 Å². The molecule has 0 fully saturated rings. The first kappa shape index (κ1) is 26.6. The molecular weight excluding hydrogens is 593 g/mol. The molecule has 5 heteroatoms. The number of rotatable bonds is 3. The quantitative estimate of drug-likeness (QED) is 0.197. The zero-order valence-electron chi connectivity index (χ0n) is 25.9. The van der Waals surface area contributed by atoms with E-state index in [-0.39, 0.29) is 5.41 Å². The van der Waals surface area contributed by atoms with Gasteiger partial charge in [0.05, 0.1) is 11.0 Å². The Kier molecular flexibility index (Phi) is 5.47. The molecule has 1 aliphatic carbocycles. The maximum absolute atomic E-state index is 5.26. The first-order valence-corrected chi connectivity index (χ1v) is 16.8. The van der Waals surface area contributed by atoms with E-state index >= 15 is 0 Å². The molecule has 10 rings (SSSR count). The van der Waals surface area contributed by atoms with Crippen molar-refractivity contribution in [1.82, 2.24) is 19.5 Å². The van der Waals surface area contributed by atoms with Crippen LogP contribution in [0.3, 0.4) is 0 Å². The van der Waals surface area contributed by atoms with Crippen molar-refractivity contribution in [2.75, 3.05) is 0 Å². The molecule has 3 aromatic heterocycles. The minimum absolute atomic E-state index is 0.123. The SMILES string of the molecule is CC1(C)c2ccccc2-c2ccc(-c3nc(-c4ccccc4)nc(-n4c5ccccc5c5c6sc7ccccc7c6ccc54)n3)cc21. The Hall–Kier alpha value is -5.65. The number of aromatic nitrogens is 4. The van der Waals surface area contributed by atoms with E-state index in [1.165, 1.54) is 53.2 Å². The van der Waals surface area contributed by atoms with Gasteiger partial charge in [0.1, 0.15) is 0 Å². The lowest BCUT2D eigenvalue weighted by Gasteiger charge is -2.21. The molecule has 0 bridgehead atoms. The van der Waals surface area contributed by atoms with Gasteiger partial charge < -0.3 is 0 Å². The van der Waals surface area contributed by atoms with E-state index in [0.29, 0.717) is 17.6 Å². The predicted molar refractivity (Wildman–Crippen MR) is 195 cm³/mol. The van der Waals surface area contributed by atoms with E-state index in [1.807, 2.05) is 29.5 Å². The van der Waals surface area contributed by atoms with Crippen LogP contribution in [-0.4, -0.2) is 19.5 Å². The van der Waals surface area contributed by atoms with Crippen LogP contribution in [0.5, 0.6) is 0 Å². The van der Waals surface area contributed by atoms with E-state index in [4.69, 9.17) is 15.0 Å². The molecule has 222 valence electrons. The maximum Gasteiger partial charge on any atom is 0.238 e. The van der Waals surface area contributed by atoms with Gasteiger partial charge in [-0.3, -0.25) is 4.57 Å². The molecule has 0 atom stereocenters. The van der Waals surface area contributed by atoms with Crippen molar-refractivity contribution < 1.29 is 0 Å². The molecule has 0 N–H and O–H groups in total. The van der Waals surface area contributed by atoms with Gasteiger partial charge in [-0.25, -0.2) is 4.98 Å². The molecule has 0 aliphatic heterocycles. The molecule has 9 aromatic rings. The molecule has 0 radical (unpaired) electrons. The van der Waals surface area contributed by atoms with Gasteiger partial charge in [0.25, 0.3) is 0 Å². The molecule has 0 spiro atoms. The Morgan fingerprint density at radius 1 is 0.532 bits per heavy atom. The molecule has 0 amide bonds. The van der Waals surface area contributed by atoms with Crippen molar-refractivity contribution in [3.63, 3.8) is 0 Å². The van der Waals surface area contributed by atoms with Crippen LogP contribution in [-0.2, 0) is 5.41 Å². The van der Waals surface area contributed by atoms with Gasteiger partial charge in [0, 0.05) is 47.5 Å². The standard InChI is InChI=1S/C42H28N4S/c1-42(2)32-17-9-6-14-27(32)28-21-20-26(24-33(28)42)40-43-39(25-12-4-3-5-13-25)44-41(45-40)46-34-18-10-7-16-31(34)37-35(46)23-22-30-29-15-8-11-19-36(29)47-38(30)37/h3-24H,1-2H3. The topological polar surface area (TPSA) is 43.6 Å². The van der Waals surface area contributed by atoms with Gasteiger partial charge in [-0.2, -0.15) is 9.97 Å². The van der Waals surface area contributed by atoms with E-state index in [9.17, 15) is 0 Å². The van der Waals surface area contributed by atoms with Crippen molar-refractivity contribution in [2.45, 2.75) is 19.3 Å². The third kappa shape index (κ3) is 3.78. The lowest BCUT2D eigenvalue weighted by Crippen LogP contribution is -2.15. The van der Waals surface area contributed by atoms with Gasteiger partial charge in [-0.05, 0) is 46.5 Å². The normalized spacial score (nSPS) is 13.5. The van der Waals surface area contributed by atoms with E-state index in [0.717, 1.165) is 22.2 Å². The molecule has 0 saturated heterocycles. The maximum atomic E-state index is 5.26. The number of para-hydroxylation sites is 1. The second kappa shape index (κ2) is 9.68. The number of hydrogen-bond acceptors (Lipinski definition) is 4. The first-order valence-electron chi connectivity index (χ1n) is 16.0. The lowest BCUT2D eigenvalue weighted by molar-refractivity contribution is 0.660. The fraction of sp³-hybridized carbons (Fsp3) is 0.0714. The minimum Gasteiger partial charge on any atom is -0.278 e. The van der Waals surface area contributed by atoms with Crippen LogP contribution in [0.1, 0.15) is 25.0 Å². The Bertz CT molecular complexity index is 2720. The Morgan fingerprint density at radius 2 is 1.23 bits per heavy atom. The second-order valence-electron chi connectivity index (χ2n) is 12.9. The average Bonchev–Trinajstić information content (AvgIpc) is 3.74. The summed E-state index contributed by atoms with van der Waals surface area (Å²) in [7, 11) is 0. The molecule has 0 saturated carbocycles. The zero-order valence-corrected chi connectivity index (χ0v) is 26.7. The summed E-state index contributed by atoms with van der Waals surface area (Å²) in [5, 5.41) is 5.00. The first-order chi connectivity index (χ1) is 23.1. The molecule has 3 heterocycles. The van der Waals surface area contributed by atoms with Gasteiger partial charge in [-0.1, -0.05) is 123 Å². The summed E-state index contributed by atoms with van der Waals surface area (Å²) >= 11 is 1.85. The molecule has 47 heavy (non-hydrogen) atoms. The van der Waals surface area contributed by atoms with Crippen LogP contribution in [0.2, 0.25) is 0 Å². The lowest BCUT2D eigenvalue weighted by atomic mass is 9.82. The monoisotopic (exact) mass is 620 g/mol. The molecule has 4 nitrogen and oxygen atoms in total. The van der Waals surface area contributed by atoms with Crippen molar-refractivity contribution in [1.29, 1.82) is 0 Å². The zero-order chi connectivity index (χ0) is 31.3. The van der Waals surface area contributed by atoms with Gasteiger partial charge >= 0.3 is 0 Å². The molecule has 1 aliphatic rings. The Morgan fingerprint density at radius 3 is 2.11 bits per heavy atom. The fourth-order valence-electron chi connectivity index (χ4n) is 7.60. The minimum atomic E-state index is -0.123. The summed E-state index contributed by atoms with van der Waals surface area (Å²) in [5.74, 6) is 1.93. The summed E-state index contributed by atoms with van der Waals surface area (Å²) in [6.45, 7) is 4.62. The van der Waals surface area contributed by atoms with Crippen molar-refractivity contribution in [2.24, 2.45) is 0 Å². The summed E-state index contributed by atoms with van der Waals surface area (Å²) < 4.78 is 4.80. The van der Waals surface area contributed by atoms with Crippen LogP contribution >= 0.6 is 11.3 Å². The number of hydrogen-bond donors (Lipinski definition) is 0. The van der Waals surface area contributed by atoms with Crippen LogP contribution < -0.4 is 0 Å². The number of nitrogens with zero attached hydrogens (tertiary/aromatic N) is 4. The van der Waals surface area contributed by atoms with Crippen LogP contribution in [0.25, 0.3) is 81.8 Å². The highest BCUT2D eigenvalue weighted by atomic mass is 32.1. The third-order valence-electron chi connectivity index (χ3n) is 9.88. The van der Waals surface area contributed by atoms with E-state index < -0.39 is 0 Å². The van der Waals surface area contributed by atoms with Crippen LogP contribution in [0.4, 0.5) is 0 Å². The Labute approximate surface area is 275 Å². The van der Waals surface area contributed by atoms with Crippen LogP contribution in [0, 0.1) is 0 Å². The largest absolute Gasteiger partial charge is 0.278 e. The third-order valence-corrected chi connectivity index (χ3v) is 11.1. The van der Waals surface area contributed by atoms with E-state index in [2.05, 4.69) is 134 Å². The second-order valence-corrected chi connectivity index (χ2v) is 13.9. The molecule has 0 unspecified atom stereocenters. The smallest absolute Gasteiger partial charge is 0.238 e. The van der Waals surface area contributed by atoms with Crippen molar-refractivity contribution >= 4 is 53.3 Å². The summed E-state index contributed by atoms with van der Waals surface area (Å²) in [6.07, 6.45) is 0. The van der Waals surface area contributed by atoms with Crippen LogP contribution in [0.15, 0.2) is 133 Å².